The topological polar surface area (TPSA) is 112 Å². The zero-order valence-corrected chi connectivity index (χ0v) is 14.9. The quantitative estimate of drug-likeness (QED) is 0.521. The van der Waals surface area contributed by atoms with Crippen molar-refractivity contribution in [3.63, 3.8) is 0 Å². The van der Waals surface area contributed by atoms with Gasteiger partial charge in [-0.25, -0.2) is 9.48 Å². The lowest BCUT2D eigenvalue weighted by Gasteiger charge is -2.05. The van der Waals surface area contributed by atoms with E-state index in [0.717, 1.165) is 0 Å². The second kappa shape index (κ2) is 7.83. The molecule has 0 bridgehead atoms. The van der Waals surface area contributed by atoms with Gasteiger partial charge in [0, 0.05) is 22.7 Å². The molecule has 0 saturated heterocycles. The Hall–Kier alpha value is -3.46. The van der Waals surface area contributed by atoms with Crippen LogP contribution in [0.15, 0.2) is 48.5 Å². The number of halogens is 1. The van der Waals surface area contributed by atoms with Gasteiger partial charge in [-0.1, -0.05) is 11.6 Å². The van der Waals surface area contributed by atoms with E-state index in [9.17, 15) is 14.9 Å². The number of nitrogens with one attached hydrogen (secondary N) is 1. The van der Waals surface area contributed by atoms with Crippen LogP contribution in [0, 0.1) is 10.1 Å². The fourth-order valence-electron chi connectivity index (χ4n) is 2.30. The van der Waals surface area contributed by atoms with E-state index in [1.807, 2.05) is 0 Å². The molecule has 0 atom stereocenters. The van der Waals surface area contributed by atoms with Crippen molar-refractivity contribution in [2.24, 2.45) is 0 Å². The minimum Gasteiger partial charge on any atom is -0.450 e. The number of carbonyl (C=O) groups is 1. The molecule has 27 heavy (non-hydrogen) atoms. The Morgan fingerprint density at radius 2 is 1.89 bits per heavy atom. The average molecular weight is 388 g/mol. The van der Waals surface area contributed by atoms with E-state index < -0.39 is 11.0 Å². The van der Waals surface area contributed by atoms with Crippen LogP contribution in [-0.2, 0) is 4.74 Å². The van der Waals surface area contributed by atoms with Gasteiger partial charge in [-0.05, 0) is 43.3 Å². The molecule has 1 amide bonds. The molecule has 9 nitrogen and oxygen atoms in total. The van der Waals surface area contributed by atoms with Crippen molar-refractivity contribution in [1.82, 2.24) is 14.8 Å². The van der Waals surface area contributed by atoms with Gasteiger partial charge in [0.15, 0.2) is 5.82 Å². The first-order chi connectivity index (χ1) is 13.0. The van der Waals surface area contributed by atoms with Crippen LogP contribution in [0.5, 0.6) is 0 Å². The molecule has 1 aromatic heterocycles. The summed E-state index contributed by atoms with van der Waals surface area (Å²) in [4.78, 5) is 26.3. The number of amides is 1. The van der Waals surface area contributed by atoms with Gasteiger partial charge in [-0.15, -0.1) is 5.10 Å². The molecule has 10 heteroatoms. The summed E-state index contributed by atoms with van der Waals surface area (Å²) < 4.78 is 6.33. The SMILES string of the molecule is CCOC(=O)Nc1nc(-c2ccc([N+](=O)[O-])cc2)n(-c2ccc(Cl)cc2)n1. The van der Waals surface area contributed by atoms with E-state index in [-0.39, 0.29) is 18.2 Å². The summed E-state index contributed by atoms with van der Waals surface area (Å²) in [6.45, 7) is 1.89. The lowest BCUT2D eigenvalue weighted by molar-refractivity contribution is -0.384. The fraction of sp³-hybridized carbons (Fsp3) is 0.118. The minimum atomic E-state index is -0.680. The molecule has 0 spiro atoms. The van der Waals surface area contributed by atoms with Gasteiger partial charge in [0.05, 0.1) is 17.2 Å². The maximum atomic E-state index is 11.7. The molecular weight excluding hydrogens is 374 g/mol. The van der Waals surface area contributed by atoms with E-state index in [2.05, 4.69) is 15.4 Å². The molecule has 2 aromatic carbocycles. The third kappa shape index (κ3) is 4.21. The van der Waals surface area contributed by atoms with E-state index in [1.165, 1.54) is 16.8 Å². The molecule has 0 saturated carbocycles. The first-order valence-electron chi connectivity index (χ1n) is 7.89. The van der Waals surface area contributed by atoms with Crippen LogP contribution in [0.1, 0.15) is 6.92 Å². The number of aromatic nitrogens is 3. The number of nitro groups is 1. The number of anilines is 1. The van der Waals surface area contributed by atoms with Crippen LogP contribution in [-0.4, -0.2) is 32.4 Å². The summed E-state index contributed by atoms with van der Waals surface area (Å²) in [5, 5.41) is 18.1. The number of benzene rings is 2. The predicted molar refractivity (Wildman–Crippen MR) is 99.1 cm³/mol. The number of nitrogens with zero attached hydrogens (tertiary/aromatic N) is 4. The van der Waals surface area contributed by atoms with Crippen molar-refractivity contribution in [3.05, 3.63) is 63.7 Å². The van der Waals surface area contributed by atoms with Crippen LogP contribution in [0.2, 0.25) is 5.02 Å². The van der Waals surface area contributed by atoms with Crippen molar-refractivity contribution in [1.29, 1.82) is 0 Å². The molecule has 0 aliphatic heterocycles. The molecule has 3 rings (SSSR count). The maximum absolute atomic E-state index is 11.7. The van der Waals surface area contributed by atoms with Crippen LogP contribution in [0.4, 0.5) is 16.4 Å². The van der Waals surface area contributed by atoms with Crippen LogP contribution in [0.25, 0.3) is 17.1 Å². The molecular formula is C17H14ClN5O4. The van der Waals surface area contributed by atoms with E-state index in [1.54, 1.807) is 43.3 Å². The van der Waals surface area contributed by atoms with Crippen molar-refractivity contribution in [2.75, 3.05) is 11.9 Å². The third-order valence-electron chi connectivity index (χ3n) is 3.50. The molecule has 1 heterocycles. The van der Waals surface area contributed by atoms with Gasteiger partial charge in [0.1, 0.15) is 0 Å². The highest BCUT2D eigenvalue weighted by Gasteiger charge is 2.17. The number of nitro benzene ring substituents is 1. The van der Waals surface area contributed by atoms with E-state index >= 15 is 0 Å². The summed E-state index contributed by atoms with van der Waals surface area (Å²) >= 11 is 5.93. The molecule has 1 N–H and O–H groups in total. The van der Waals surface area contributed by atoms with Crippen molar-refractivity contribution in [3.8, 4) is 17.1 Å². The third-order valence-corrected chi connectivity index (χ3v) is 3.76. The van der Waals surface area contributed by atoms with Crippen molar-refractivity contribution >= 4 is 29.3 Å². The Kier molecular flexibility index (Phi) is 5.32. The van der Waals surface area contributed by atoms with Gasteiger partial charge in [0.25, 0.3) is 11.6 Å². The second-order valence-electron chi connectivity index (χ2n) is 5.30. The zero-order chi connectivity index (χ0) is 19.4. The summed E-state index contributed by atoms with van der Waals surface area (Å²) in [5.41, 5.74) is 1.19. The number of hydrogen-bond donors (Lipinski definition) is 1. The maximum Gasteiger partial charge on any atom is 0.414 e. The fourth-order valence-corrected chi connectivity index (χ4v) is 2.43. The van der Waals surface area contributed by atoms with Crippen molar-refractivity contribution < 1.29 is 14.5 Å². The van der Waals surface area contributed by atoms with Gasteiger partial charge < -0.3 is 4.74 Å². The normalized spacial score (nSPS) is 10.4. The van der Waals surface area contributed by atoms with Crippen LogP contribution in [0.3, 0.4) is 0 Å². The van der Waals surface area contributed by atoms with Gasteiger partial charge in [-0.2, -0.15) is 4.98 Å². The van der Waals surface area contributed by atoms with Gasteiger partial charge in [0.2, 0.25) is 0 Å². The Labute approximate surface area is 158 Å². The second-order valence-corrected chi connectivity index (χ2v) is 5.73. The Balaban J connectivity index is 2.04. The molecule has 138 valence electrons. The first kappa shape index (κ1) is 18.3. The monoisotopic (exact) mass is 387 g/mol. The highest BCUT2D eigenvalue weighted by molar-refractivity contribution is 6.30. The predicted octanol–water partition coefficient (Wildman–Crippen LogP) is 4.06. The molecule has 0 fully saturated rings. The van der Waals surface area contributed by atoms with Crippen LogP contribution >= 0.6 is 11.6 Å². The summed E-state index contributed by atoms with van der Waals surface area (Å²) in [6, 6.07) is 12.7. The first-order valence-corrected chi connectivity index (χ1v) is 8.27. The van der Waals surface area contributed by atoms with E-state index in [4.69, 9.17) is 16.3 Å². The summed E-state index contributed by atoms with van der Waals surface area (Å²) in [5.74, 6) is 0.427. The molecule has 0 unspecified atom stereocenters. The number of carbonyl (C=O) groups excluding carboxylic acids is 1. The molecule has 0 aliphatic rings. The Bertz CT molecular complexity index is 970. The van der Waals surface area contributed by atoms with Crippen LogP contribution < -0.4 is 5.32 Å². The number of non-ortho nitro benzene ring substituents is 1. The highest BCUT2D eigenvalue weighted by atomic mass is 35.5. The zero-order valence-electron chi connectivity index (χ0n) is 14.1. The Morgan fingerprint density at radius 3 is 2.48 bits per heavy atom. The Morgan fingerprint density at radius 1 is 1.22 bits per heavy atom. The number of hydrogen-bond acceptors (Lipinski definition) is 6. The van der Waals surface area contributed by atoms with E-state index in [0.29, 0.717) is 22.1 Å². The van der Waals surface area contributed by atoms with Gasteiger partial charge in [-0.3, -0.25) is 15.4 Å². The standard InChI is InChI=1S/C17H14ClN5O4/c1-2-27-17(24)20-16-19-15(11-3-7-14(8-4-11)23(25)26)22(21-16)13-9-5-12(18)6-10-13/h3-10H,2H2,1H3,(H,20,21,24). The summed E-state index contributed by atoms with van der Waals surface area (Å²) in [6.07, 6.45) is -0.680. The largest absolute Gasteiger partial charge is 0.450 e. The lowest BCUT2D eigenvalue weighted by Crippen LogP contribution is -2.14. The number of ether oxygens (including phenoxy) is 1. The smallest absolute Gasteiger partial charge is 0.414 e. The molecule has 3 aromatic rings. The summed E-state index contributed by atoms with van der Waals surface area (Å²) in [7, 11) is 0. The molecule has 0 aliphatic carbocycles. The lowest BCUT2D eigenvalue weighted by atomic mass is 10.2. The highest BCUT2D eigenvalue weighted by Crippen LogP contribution is 2.25. The van der Waals surface area contributed by atoms with Crippen molar-refractivity contribution in [2.45, 2.75) is 6.92 Å². The minimum absolute atomic E-state index is 0.0387. The average Bonchev–Trinajstić information content (AvgIpc) is 3.06. The number of rotatable bonds is 5. The van der Waals surface area contributed by atoms with Gasteiger partial charge >= 0.3 is 6.09 Å². The molecule has 0 radical (unpaired) electrons.